The molecule has 2 aromatic rings. The van der Waals surface area contributed by atoms with Crippen LogP contribution < -0.4 is 0 Å². The Morgan fingerprint density at radius 3 is 2.88 bits per heavy atom. The van der Waals surface area contributed by atoms with Crippen LogP contribution >= 0.6 is 15.9 Å². The standard InChI is InChI=1S/C17H21BrN2O3S/c1-3-9-24(22,23)11(2)17(21)20-8-7-15-13(10-20)12-5-4-6-14(18)16(12)19-15/h4-6,11,19H,3,7-10H2,1-2H3/t11-/m1/s1. The Labute approximate surface area is 150 Å². The number of fused-ring (bicyclic) bond motifs is 3. The van der Waals surface area contributed by atoms with E-state index in [1.807, 2.05) is 25.1 Å². The number of nitrogens with one attached hydrogen (secondary N) is 1. The van der Waals surface area contributed by atoms with Gasteiger partial charge in [0, 0.05) is 40.6 Å². The molecule has 2 heterocycles. The lowest BCUT2D eigenvalue weighted by atomic mass is 10.0. The molecule has 1 atom stereocenters. The third kappa shape index (κ3) is 2.99. The van der Waals surface area contributed by atoms with Crippen molar-refractivity contribution in [1.82, 2.24) is 9.88 Å². The van der Waals surface area contributed by atoms with Crippen molar-refractivity contribution in [3.63, 3.8) is 0 Å². The maximum atomic E-state index is 12.7. The SMILES string of the molecule is CCCS(=O)(=O)[C@H](C)C(=O)N1CCc2[nH]c3c(Br)cccc3c2C1. The van der Waals surface area contributed by atoms with Crippen LogP contribution in [-0.4, -0.2) is 41.8 Å². The molecule has 1 N–H and O–H groups in total. The zero-order chi connectivity index (χ0) is 17.5. The molecule has 3 rings (SSSR count). The van der Waals surface area contributed by atoms with Crippen molar-refractivity contribution >= 4 is 42.6 Å². The van der Waals surface area contributed by atoms with Gasteiger partial charge in [0.15, 0.2) is 9.84 Å². The Morgan fingerprint density at radius 2 is 2.17 bits per heavy atom. The minimum absolute atomic E-state index is 0.0546. The van der Waals surface area contributed by atoms with Gasteiger partial charge in [-0.05, 0) is 35.3 Å². The van der Waals surface area contributed by atoms with Crippen molar-refractivity contribution in [3.8, 4) is 0 Å². The summed E-state index contributed by atoms with van der Waals surface area (Å²) in [6.45, 7) is 4.32. The number of halogens is 1. The largest absolute Gasteiger partial charge is 0.357 e. The van der Waals surface area contributed by atoms with E-state index < -0.39 is 15.1 Å². The number of hydrogen-bond acceptors (Lipinski definition) is 3. The molecule has 1 aliphatic rings. The van der Waals surface area contributed by atoms with Gasteiger partial charge in [0.05, 0.1) is 11.3 Å². The van der Waals surface area contributed by atoms with E-state index in [0.29, 0.717) is 25.9 Å². The molecular weight excluding hydrogens is 392 g/mol. The van der Waals surface area contributed by atoms with Gasteiger partial charge in [-0.1, -0.05) is 19.1 Å². The summed E-state index contributed by atoms with van der Waals surface area (Å²) < 4.78 is 25.4. The normalized spacial score (nSPS) is 16.2. The molecular formula is C17H21BrN2O3S. The first-order chi connectivity index (χ1) is 11.3. The smallest absolute Gasteiger partial charge is 0.240 e. The Bertz CT molecular complexity index is 889. The lowest BCUT2D eigenvalue weighted by Gasteiger charge is -2.29. The molecule has 0 spiro atoms. The number of para-hydroxylation sites is 1. The number of aromatic amines is 1. The van der Waals surface area contributed by atoms with Crippen molar-refractivity contribution in [2.45, 2.75) is 38.5 Å². The van der Waals surface area contributed by atoms with Gasteiger partial charge in [0.2, 0.25) is 5.91 Å². The molecule has 7 heteroatoms. The number of aromatic nitrogens is 1. The third-order valence-electron chi connectivity index (χ3n) is 4.65. The Kier molecular flexibility index (Phi) is 4.75. The predicted octanol–water partition coefficient (Wildman–Crippen LogP) is 3.03. The number of nitrogens with zero attached hydrogens (tertiary/aromatic N) is 1. The monoisotopic (exact) mass is 412 g/mol. The summed E-state index contributed by atoms with van der Waals surface area (Å²) in [5.74, 6) is -0.239. The molecule has 0 unspecified atom stereocenters. The molecule has 5 nitrogen and oxygen atoms in total. The van der Waals surface area contributed by atoms with E-state index >= 15 is 0 Å². The fourth-order valence-electron chi connectivity index (χ4n) is 3.26. The maximum absolute atomic E-state index is 12.7. The lowest BCUT2D eigenvalue weighted by molar-refractivity contribution is -0.131. The number of benzene rings is 1. The molecule has 0 bridgehead atoms. The highest BCUT2D eigenvalue weighted by atomic mass is 79.9. The second kappa shape index (κ2) is 6.52. The molecule has 130 valence electrons. The van der Waals surface area contributed by atoms with Gasteiger partial charge >= 0.3 is 0 Å². The topological polar surface area (TPSA) is 70.2 Å². The summed E-state index contributed by atoms with van der Waals surface area (Å²) in [4.78, 5) is 17.8. The minimum atomic E-state index is -3.38. The highest BCUT2D eigenvalue weighted by molar-refractivity contribution is 9.10. The number of hydrogen-bond donors (Lipinski definition) is 1. The number of carbonyl (C=O) groups is 1. The van der Waals surface area contributed by atoms with Crippen LogP contribution in [0, 0.1) is 0 Å². The molecule has 1 aliphatic heterocycles. The van der Waals surface area contributed by atoms with Gasteiger partial charge < -0.3 is 9.88 Å². The minimum Gasteiger partial charge on any atom is -0.357 e. The van der Waals surface area contributed by atoms with Gasteiger partial charge in [-0.25, -0.2) is 8.42 Å². The maximum Gasteiger partial charge on any atom is 0.240 e. The first kappa shape index (κ1) is 17.5. The van der Waals surface area contributed by atoms with Crippen LogP contribution in [-0.2, 0) is 27.6 Å². The highest BCUT2D eigenvalue weighted by Crippen LogP contribution is 2.32. The Hall–Kier alpha value is -1.34. The molecule has 1 amide bonds. The van der Waals surface area contributed by atoms with E-state index in [1.54, 1.807) is 4.90 Å². The summed E-state index contributed by atoms with van der Waals surface area (Å²) in [6, 6.07) is 5.98. The van der Waals surface area contributed by atoms with E-state index in [1.165, 1.54) is 6.92 Å². The van der Waals surface area contributed by atoms with Gasteiger partial charge in [-0.15, -0.1) is 0 Å². The van der Waals surface area contributed by atoms with Crippen molar-refractivity contribution in [3.05, 3.63) is 33.9 Å². The molecule has 0 fully saturated rings. The molecule has 0 saturated heterocycles. The molecule has 1 aromatic carbocycles. The van der Waals surface area contributed by atoms with Crippen LogP contribution in [0.25, 0.3) is 10.9 Å². The summed E-state index contributed by atoms with van der Waals surface area (Å²) in [7, 11) is -3.38. The van der Waals surface area contributed by atoms with Crippen molar-refractivity contribution in [2.75, 3.05) is 12.3 Å². The van der Waals surface area contributed by atoms with Crippen LogP contribution in [0.2, 0.25) is 0 Å². The summed E-state index contributed by atoms with van der Waals surface area (Å²) >= 11 is 3.54. The van der Waals surface area contributed by atoms with E-state index in [4.69, 9.17) is 0 Å². The van der Waals surface area contributed by atoms with Crippen LogP contribution in [0.3, 0.4) is 0 Å². The van der Waals surface area contributed by atoms with Gasteiger partial charge in [-0.3, -0.25) is 4.79 Å². The van der Waals surface area contributed by atoms with Gasteiger partial charge in [0.25, 0.3) is 0 Å². The van der Waals surface area contributed by atoms with Crippen molar-refractivity contribution in [1.29, 1.82) is 0 Å². The predicted molar refractivity (Wildman–Crippen MR) is 98.7 cm³/mol. The average Bonchev–Trinajstić information content (AvgIpc) is 2.93. The summed E-state index contributed by atoms with van der Waals surface area (Å²) in [5.41, 5.74) is 3.25. The second-order valence-corrected chi connectivity index (χ2v) is 9.56. The number of rotatable bonds is 4. The molecule has 0 saturated carbocycles. The number of sulfone groups is 1. The molecule has 1 aromatic heterocycles. The van der Waals surface area contributed by atoms with Crippen molar-refractivity contribution < 1.29 is 13.2 Å². The fourth-order valence-corrected chi connectivity index (χ4v) is 5.11. The zero-order valence-corrected chi connectivity index (χ0v) is 16.2. The molecule has 0 aliphatic carbocycles. The van der Waals surface area contributed by atoms with E-state index in [9.17, 15) is 13.2 Å². The van der Waals surface area contributed by atoms with Gasteiger partial charge in [-0.2, -0.15) is 0 Å². The first-order valence-corrected chi connectivity index (χ1v) is 10.6. The second-order valence-electron chi connectivity index (χ2n) is 6.26. The third-order valence-corrected chi connectivity index (χ3v) is 7.56. The van der Waals surface area contributed by atoms with E-state index in [-0.39, 0.29) is 11.7 Å². The van der Waals surface area contributed by atoms with Crippen LogP contribution in [0.5, 0.6) is 0 Å². The fraction of sp³-hybridized carbons (Fsp3) is 0.471. The Balaban J connectivity index is 1.88. The van der Waals surface area contributed by atoms with Crippen molar-refractivity contribution in [2.24, 2.45) is 0 Å². The van der Waals surface area contributed by atoms with E-state index in [2.05, 4.69) is 20.9 Å². The van der Waals surface area contributed by atoms with E-state index in [0.717, 1.165) is 26.6 Å². The molecule has 0 radical (unpaired) electrons. The number of carbonyl (C=O) groups excluding carboxylic acids is 1. The van der Waals surface area contributed by atoms with Crippen LogP contribution in [0.15, 0.2) is 22.7 Å². The van der Waals surface area contributed by atoms with Crippen LogP contribution in [0.1, 0.15) is 31.5 Å². The number of amides is 1. The first-order valence-electron chi connectivity index (χ1n) is 8.13. The average molecular weight is 413 g/mol. The summed E-state index contributed by atoms with van der Waals surface area (Å²) in [5, 5.41) is 0.108. The molecule has 24 heavy (non-hydrogen) atoms. The zero-order valence-electron chi connectivity index (χ0n) is 13.8. The number of H-pyrrole nitrogens is 1. The summed E-state index contributed by atoms with van der Waals surface area (Å²) in [6.07, 6.45) is 1.24. The van der Waals surface area contributed by atoms with Crippen LogP contribution in [0.4, 0.5) is 0 Å². The Morgan fingerprint density at radius 1 is 1.42 bits per heavy atom. The highest BCUT2D eigenvalue weighted by Gasteiger charge is 2.33. The lowest BCUT2D eigenvalue weighted by Crippen LogP contribution is -2.44. The quantitative estimate of drug-likeness (QED) is 0.838. The van der Waals surface area contributed by atoms with Gasteiger partial charge in [0.1, 0.15) is 5.25 Å².